The van der Waals surface area contributed by atoms with Crippen LogP contribution in [0.15, 0.2) is 39.6 Å². The van der Waals surface area contributed by atoms with Gasteiger partial charge in [0.25, 0.3) is 10.0 Å². The van der Waals surface area contributed by atoms with Crippen LogP contribution in [0, 0.1) is 26.7 Å². The third kappa shape index (κ3) is 3.96. The molecule has 5 rings (SSSR count). The summed E-state index contributed by atoms with van der Waals surface area (Å²) in [5, 5.41) is 0.932. The fourth-order valence-corrected chi connectivity index (χ4v) is 7.83. The maximum atomic E-state index is 14.2. The summed E-state index contributed by atoms with van der Waals surface area (Å²) >= 11 is 0. The lowest BCUT2D eigenvalue weighted by molar-refractivity contribution is -0.122. The Labute approximate surface area is 202 Å². The molecule has 2 aliphatic carbocycles. The first-order chi connectivity index (χ1) is 16.3. The second kappa shape index (κ2) is 8.88. The van der Waals surface area contributed by atoms with Crippen molar-refractivity contribution >= 4 is 32.6 Å². The van der Waals surface area contributed by atoms with Crippen LogP contribution < -0.4 is 4.31 Å². The van der Waals surface area contributed by atoms with E-state index in [0.29, 0.717) is 16.8 Å². The first kappa shape index (κ1) is 23.2. The highest BCUT2D eigenvalue weighted by Gasteiger charge is 2.38. The molecule has 1 fully saturated rings. The molecule has 0 aliphatic heterocycles. The predicted octanol–water partition coefficient (Wildman–Crippen LogP) is 6.54. The molecule has 1 amide bonds. The number of carbonyl (C=O) groups is 1. The molecule has 0 N–H and O–H groups in total. The Kier molecular flexibility index (Phi) is 6.05. The van der Waals surface area contributed by atoms with Gasteiger partial charge in [0.05, 0.1) is 10.6 Å². The lowest BCUT2D eigenvalue weighted by atomic mass is 9.88. The van der Waals surface area contributed by atoms with Gasteiger partial charge in [-0.25, -0.2) is 12.7 Å². The van der Waals surface area contributed by atoms with Crippen molar-refractivity contribution in [3.63, 3.8) is 0 Å². The van der Waals surface area contributed by atoms with Crippen LogP contribution in [0.2, 0.25) is 0 Å². The summed E-state index contributed by atoms with van der Waals surface area (Å²) in [6, 6.07) is 9.17. The van der Waals surface area contributed by atoms with Crippen LogP contribution in [0.3, 0.4) is 0 Å². The average molecular weight is 480 g/mol. The molecule has 0 unspecified atom stereocenters. The van der Waals surface area contributed by atoms with E-state index in [4.69, 9.17) is 4.42 Å². The first-order valence-corrected chi connectivity index (χ1v) is 13.9. The molecule has 5 nitrogen and oxygen atoms in total. The first-order valence-electron chi connectivity index (χ1n) is 12.5. The Morgan fingerprint density at radius 1 is 0.912 bits per heavy atom. The molecule has 6 heteroatoms. The van der Waals surface area contributed by atoms with Gasteiger partial charge in [-0.1, -0.05) is 37.0 Å². The summed E-state index contributed by atoms with van der Waals surface area (Å²) < 4.78 is 35.6. The summed E-state index contributed by atoms with van der Waals surface area (Å²) in [6.45, 7) is 5.58. The van der Waals surface area contributed by atoms with Gasteiger partial charge in [-0.3, -0.25) is 4.79 Å². The van der Waals surface area contributed by atoms with Crippen LogP contribution in [0.25, 0.3) is 11.0 Å². The minimum absolute atomic E-state index is 0.233. The molecule has 180 valence electrons. The molecular weight excluding hydrogens is 446 g/mol. The number of aryl methyl sites for hydroxylation is 5. The maximum Gasteiger partial charge on any atom is 0.271 e. The smallest absolute Gasteiger partial charge is 0.271 e. The Morgan fingerprint density at radius 2 is 1.59 bits per heavy atom. The number of hydrogen-bond acceptors (Lipinski definition) is 4. The summed E-state index contributed by atoms with van der Waals surface area (Å²) in [4.78, 5) is 14.1. The molecule has 2 aliphatic rings. The van der Waals surface area contributed by atoms with Crippen LogP contribution in [-0.2, 0) is 27.7 Å². The normalized spacial score (nSPS) is 17.0. The number of hydrogen-bond donors (Lipinski definition) is 0. The lowest BCUT2D eigenvalue weighted by Crippen LogP contribution is -2.42. The van der Waals surface area contributed by atoms with Crippen LogP contribution in [0.5, 0.6) is 0 Å². The fourth-order valence-electron chi connectivity index (χ4n) is 5.94. The zero-order chi connectivity index (χ0) is 24.0. The number of sulfonamides is 1. The second-order valence-electron chi connectivity index (χ2n) is 10.1. The molecule has 3 aromatic rings. The molecule has 2 aromatic carbocycles. The van der Waals surface area contributed by atoms with E-state index in [2.05, 4.69) is 0 Å². The molecule has 0 saturated heterocycles. The van der Waals surface area contributed by atoms with Gasteiger partial charge in [0.15, 0.2) is 0 Å². The number of carbonyl (C=O) groups excluding carboxylic acids is 1. The number of anilines is 1. The van der Waals surface area contributed by atoms with Crippen molar-refractivity contribution < 1.29 is 17.6 Å². The minimum atomic E-state index is -4.10. The fraction of sp³-hybridized carbons (Fsp3) is 0.464. The van der Waals surface area contributed by atoms with Gasteiger partial charge in [-0.15, -0.1) is 0 Å². The summed E-state index contributed by atoms with van der Waals surface area (Å²) in [7, 11) is -4.10. The van der Waals surface area contributed by atoms with Gasteiger partial charge < -0.3 is 4.42 Å². The number of benzene rings is 2. The van der Waals surface area contributed by atoms with Crippen molar-refractivity contribution in [2.24, 2.45) is 5.92 Å². The molecule has 1 heterocycles. The topological polar surface area (TPSA) is 67.6 Å². The van der Waals surface area contributed by atoms with E-state index < -0.39 is 10.0 Å². The summed E-state index contributed by atoms with van der Waals surface area (Å²) in [5.74, 6) is 0.413. The van der Waals surface area contributed by atoms with Gasteiger partial charge in [0.1, 0.15) is 11.3 Å². The van der Waals surface area contributed by atoms with E-state index >= 15 is 0 Å². The number of rotatable bonds is 4. The molecular formula is C28H33NO4S. The second-order valence-corrected chi connectivity index (χ2v) is 11.8. The van der Waals surface area contributed by atoms with Crippen LogP contribution in [0.1, 0.15) is 73.0 Å². The quantitative estimate of drug-likeness (QED) is 0.426. The van der Waals surface area contributed by atoms with Crippen molar-refractivity contribution in [3.05, 3.63) is 58.3 Å². The Morgan fingerprint density at radius 3 is 2.29 bits per heavy atom. The summed E-state index contributed by atoms with van der Waals surface area (Å²) in [6.07, 6.45) is 8.51. The molecule has 0 radical (unpaired) electrons. The third-order valence-corrected chi connectivity index (χ3v) is 9.46. The van der Waals surface area contributed by atoms with Gasteiger partial charge in [-0.2, -0.15) is 0 Å². The Bertz CT molecular complexity index is 1340. The molecule has 1 saturated carbocycles. The number of fused-ring (bicyclic) bond motifs is 3. The zero-order valence-corrected chi connectivity index (χ0v) is 21.1. The lowest BCUT2D eigenvalue weighted by Gasteiger charge is -2.30. The van der Waals surface area contributed by atoms with Gasteiger partial charge >= 0.3 is 0 Å². The average Bonchev–Trinajstić information content (AvgIpc) is 3.17. The predicted molar refractivity (Wildman–Crippen MR) is 135 cm³/mol. The largest absolute Gasteiger partial charge is 0.461 e. The molecule has 0 spiro atoms. The zero-order valence-electron chi connectivity index (χ0n) is 20.3. The SMILES string of the molecule is Cc1cc(C)c(S(=O)(=O)N(C(=O)C2CCCCC2)c2ccc3oc4c(c3c2)CCCC4)c(C)c1. The molecule has 34 heavy (non-hydrogen) atoms. The van der Waals surface area contributed by atoms with Crippen molar-refractivity contribution in [1.82, 2.24) is 0 Å². The van der Waals surface area contributed by atoms with E-state index in [0.717, 1.165) is 89.9 Å². The van der Waals surface area contributed by atoms with Crippen molar-refractivity contribution in [3.8, 4) is 0 Å². The van der Waals surface area contributed by atoms with Gasteiger partial charge in [0, 0.05) is 23.3 Å². The van der Waals surface area contributed by atoms with Crippen LogP contribution in [0.4, 0.5) is 5.69 Å². The number of furan rings is 1. The van der Waals surface area contributed by atoms with Crippen LogP contribution >= 0.6 is 0 Å². The van der Waals surface area contributed by atoms with Crippen molar-refractivity contribution in [1.29, 1.82) is 0 Å². The highest BCUT2D eigenvalue weighted by molar-refractivity contribution is 7.93. The molecule has 0 bridgehead atoms. The molecule has 1 aromatic heterocycles. The summed E-state index contributed by atoms with van der Waals surface area (Å²) in [5.41, 5.74) is 4.68. The van der Waals surface area contributed by atoms with Crippen molar-refractivity contribution in [2.75, 3.05) is 4.31 Å². The standard InChI is InChI=1S/C28H33NO4S/c1-18-15-19(2)27(20(3)16-18)34(31,32)29(28(30)21-9-5-4-6-10-21)22-13-14-26-24(17-22)23-11-7-8-12-25(23)33-26/h13-17,21H,4-12H2,1-3H3. The molecule has 0 atom stereocenters. The van der Waals surface area contributed by atoms with E-state index in [1.54, 1.807) is 6.07 Å². The van der Waals surface area contributed by atoms with Crippen molar-refractivity contribution in [2.45, 2.75) is 83.5 Å². The highest BCUT2D eigenvalue weighted by atomic mass is 32.2. The maximum absolute atomic E-state index is 14.2. The van der Waals surface area contributed by atoms with E-state index in [-0.39, 0.29) is 16.7 Å². The minimum Gasteiger partial charge on any atom is -0.461 e. The van der Waals surface area contributed by atoms with Crippen LogP contribution in [-0.4, -0.2) is 14.3 Å². The third-order valence-electron chi connectivity index (χ3n) is 7.43. The highest BCUT2D eigenvalue weighted by Crippen LogP contribution is 2.38. The van der Waals surface area contributed by atoms with Gasteiger partial charge in [0.2, 0.25) is 5.91 Å². The van der Waals surface area contributed by atoms with Gasteiger partial charge in [-0.05, 0) is 82.2 Å². The number of nitrogens with zero attached hydrogens (tertiary/aromatic N) is 1. The van der Waals surface area contributed by atoms with E-state index in [9.17, 15) is 13.2 Å². The Hall–Kier alpha value is -2.60. The monoisotopic (exact) mass is 479 g/mol. The van der Waals surface area contributed by atoms with E-state index in [1.807, 2.05) is 45.0 Å². The van der Waals surface area contributed by atoms with E-state index in [1.165, 1.54) is 0 Å². The Balaban J connectivity index is 1.68. The number of amides is 1.